The highest BCUT2D eigenvalue weighted by molar-refractivity contribution is 14.1. The molecule has 0 spiro atoms. The maximum Gasteiger partial charge on any atom is 0.256 e. The maximum atomic E-state index is 12.6. The summed E-state index contributed by atoms with van der Waals surface area (Å²) in [5.41, 5.74) is 5.21. The van der Waals surface area contributed by atoms with Crippen molar-refractivity contribution in [2.24, 2.45) is 0 Å². The molecule has 2 N–H and O–H groups in total. The summed E-state index contributed by atoms with van der Waals surface area (Å²) in [5.74, 6) is -0.127. The quantitative estimate of drug-likeness (QED) is 0.317. The first-order valence-electron chi connectivity index (χ1n) is 8.89. The number of nitrogens with one attached hydrogen (secondary N) is 2. The number of pyridine rings is 1. The van der Waals surface area contributed by atoms with E-state index in [1.54, 1.807) is 12.4 Å². The second-order valence-corrected chi connectivity index (χ2v) is 8.39. The minimum atomic E-state index is -0.127. The highest BCUT2D eigenvalue weighted by Crippen LogP contribution is 2.29. The van der Waals surface area contributed by atoms with E-state index in [0.717, 1.165) is 36.9 Å². The standard InChI is InChI=1S/C22H17IN4OS/c1-14-8-9-16(25-21(28)17-6-2-3-7-18(17)23)11-19(14)26-22-27-20(13-29-22)15-5-4-10-24-12-15/h2-13H,1H3,(H,25,28)(H,26,27). The molecule has 0 bridgehead atoms. The fourth-order valence-corrected chi connectivity index (χ4v) is 4.14. The number of hydrogen-bond acceptors (Lipinski definition) is 5. The van der Waals surface area contributed by atoms with Crippen LogP contribution in [0.4, 0.5) is 16.5 Å². The van der Waals surface area contributed by atoms with Gasteiger partial charge < -0.3 is 10.6 Å². The summed E-state index contributed by atoms with van der Waals surface area (Å²) >= 11 is 3.70. The van der Waals surface area contributed by atoms with Crippen molar-refractivity contribution in [1.82, 2.24) is 9.97 Å². The summed E-state index contributed by atoms with van der Waals surface area (Å²) in [7, 11) is 0. The highest BCUT2D eigenvalue weighted by Gasteiger charge is 2.11. The number of rotatable bonds is 5. The van der Waals surface area contributed by atoms with Gasteiger partial charge in [-0.3, -0.25) is 9.78 Å². The van der Waals surface area contributed by atoms with Gasteiger partial charge in [0.25, 0.3) is 5.91 Å². The molecule has 0 unspecified atom stereocenters. The van der Waals surface area contributed by atoms with E-state index in [0.29, 0.717) is 5.56 Å². The Kier molecular flexibility index (Phi) is 5.86. The molecule has 0 saturated carbocycles. The van der Waals surface area contributed by atoms with Crippen LogP contribution in [0.5, 0.6) is 0 Å². The molecule has 5 nitrogen and oxygen atoms in total. The van der Waals surface area contributed by atoms with Gasteiger partial charge in [0.05, 0.1) is 11.3 Å². The number of anilines is 3. The molecule has 7 heteroatoms. The summed E-state index contributed by atoms with van der Waals surface area (Å²) in [4.78, 5) is 21.4. The Bertz CT molecular complexity index is 1160. The van der Waals surface area contributed by atoms with E-state index in [4.69, 9.17) is 0 Å². The van der Waals surface area contributed by atoms with Crippen LogP contribution in [-0.4, -0.2) is 15.9 Å². The van der Waals surface area contributed by atoms with E-state index in [9.17, 15) is 4.79 Å². The minimum absolute atomic E-state index is 0.127. The molecule has 0 aliphatic rings. The van der Waals surface area contributed by atoms with Gasteiger partial charge >= 0.3 is 0 Å². The van der Waals surface area contributed by atoms with Crippen molar-refractivity contribution >= 4 is 56.3 Å². The number of halogens is 1. The highest BCUT2D eigenvalue weighted by atomic mass is 127. The lowest BCUT2D eigenvalue weighted by Gasteiger charge is -2.11. The fraction of sp³-hybridized carbons (Fsp3) is 0.0455. The van der Waals surface area contributed by atoms with Gasteiger partial charge in [0, 0.05) is 38.3 Å². The summed E-state index contributed by atoms with van der Waals surface area (Å²) in [5, 5.41) is 9.12. The van der Waals surface area contributed by atoms with E-state index in [1.807, 2.05) is 66.9 Å². The monoisotopic (exact) mass is 512 g/mol. The van der Waals surface area contributed by atoms with Crippen LogP contribution < -0.4 is 10.6 Å². The Labute approximate surface area is 186 Å². The van der Waals surface area contributed by atoms with E-state index in [1.165, 1.54) is 11.3 Å². The number of aryl methyl sites for hydroxylation is 1. The molecule has 0 atom stereocenters. The Balaban J connectivity index is 1.53. The van der Waals surface area contributed by atoms with Crippen molar-refractivity contribution in [2.75, 3.05) is 10.6 Å². The van der Waals surface area contributed by atoms with E-state index >= 15 is 0 Å². The van der Waals surface area contributed by atoms with Crippen molar-refractivity contribution in [3.05, 3.63) is 87.1 Å². The van der Waals surface area contributed by atoms with Crippen molar-refractivity contribution < 1.29 is 4.79 Å². The average molecular weight is 512 g/mol. The number of hydrogen-bond donors (Lipinski definition) is 2. The van der Waals surface area contributed by atoms with Gasteiger partial charge in [-0.2, -0.15) is 0 Å². The van der Waals surface area contributed by atoms with Gasteiger partial charge in [-0.05, 0) is 71.5 Å². The predicted molar refractivity (Wildman–Crippen MR) is 127 cm³/mol. The third-order valence-electron chi connectivity index (χ3n) is 4.32. The normalized spacial score (nSPS) is 10.6. The minimum Gasteiger partial charge on any atom is -0.331 e. The number of aromatic nitrogens is 2. The first-order valence-corrected chi connectivity index (χ1v) is 10.9. The van der Waals surface area contributed by atoms with E-state index in [-0.39, 0.29) is 5.91 Å². The lowest BCUT2D eigenvalue weighted by Crippen LogP contribution is -2.13. The van der Waals surface area contributed by atoms with Crippen LogP contribution in [0.2, 0.25) is 0 Å². The molecule has 29 heavy (non-hydrogen) atoms. The maximum absolute atomic E-state index is 12.6. The molecule has 0 aliphatic heterocycles. The molecular formula is C22H17IN4OS. The van der Waals surface area contributed by atoms with Crippen LogP contribution in [0.15, 0.2) is 72.4 Å². The van der Waals surface area contributed by atoms with Gasteiger partial charge in [0.15, 0.2) is 5.13 Å². The number of amides is 1. The Hall–Kier alpha value is -2.78. The summed E-state index contributed by atoms with van der Waals surface area (Å²) < 4.78 is 0.916. The van der Waals surface area contributed by atoms with E-state index < -0.39 is 0 Å². The van der Waals surface area contributed by atoms with Crippen molar-refractivity contribution in [3.8, 4) is 11.3 Å². The lowest BCUT2D eigenvalue weighted by atomic mass is 10.1. The zero-order valence-corrected chi connectivity index (χ0v) is 18.5. The smallest absolute Gasteiger partial charge is 0.256 e. The second kappa shape index (κ2) is 8.71. The third kappa shape index (κ3) is 4.63. The predicted octanol–water partition coefficient (Wildman–Crippen LogP) is 6.11. The van der Waals surface area contributed by atoms with E-state index in [2.05, 4.69) is 43.2 Å². The van der Waals surface area contributed by atoms with Gasteiger partial charge in [-0.25, -0.2) is 4.98 Å². The number of carbonyl (C=O) groups excluding carboxylic acids is 1. The van der Waals surface area contributed by atoms with Gasteiger partial charge in [0.1, 0.15) is 0 Å². The fourth-order valence-electron chi connectivity index (χ4n) is 2.77. The summed E-state index contributed by atoms with van der Waals surface area (Å²) in [6.07, 6.45) is 3.54. The van der Waals surface area contributed by atoms with Crippen LogP contribution in [0.25, 0.3) is 11.3 Å². The molecule has 0 aliphatic carbocycles. The summed E-state index contributed by atoms with van der Waals surface area (Å²) in [6.45, 7) is 2.02. The Morgan fingerprint density at radius 1 is 1.10 bits per heavy atom. The van der Waals surface area contributed by atoms with Crippen molar-refractivity contribution in [2.45, 2.75) is 6.92 Å². The van der Waals surface area contributed by atoms with Crippen LogP contribution in [0, 0.1) is 10.5 Å². The molecule has 0 saturated heterocycles. The zero-order valence-electron chi connectivity index (χ0n) is 15.5. The number of carbonyl (C=O) groups is 1. The molecule has 4 rings (SSSR count). The van der Waals surface area contributed by atoms with Crippen molar-refractivity contribution in [1.29, 1.82) is 0 Å². The molecule has 2 aromatic carbocycles. The molecule has 2 heterocycles. The van der Waals surface area contributed by atoms with Gasteiger partial charge in [-0.1, -0.05) is 18.2 Å². The first kappa shape index (κ1) is 19.5. The number of benzene rings is 2. The van der Waals surface area contributed by atoms with Crippen LogP contribution in [-0.2, 0) is 0 Å². The molecular weight excluding hydrogens is 495 g/mol. The zero-order chi connectivity index (χ0) is 20.2. The largest absolute Gasteiger partial charge is 0.331 e. The molecule has 0 fully saturated rings. The molecule has 0 radical (unpaired) electrons. The lowest BCUT2D eigenvalue weighted by molar-refractivity contribution is 0.102. The second-order valence-electron chi connectivity index (χ2n) is 6.37. The SMILES string of the molecule is Cc1ccc(NC(=O)c2ccccc2I)cc1Nc1nc(-c2cccnc2)cs1. The van der Waals surface area contributed by atoms with Crippen LogP contribution >= 0.6 is 33.9 Å². The van der Waals surface area contributed by atoms with Crippen LogP contribution in [0.1, 0.15) is 15.9 Å². The molecule has 144 valence electrons. The van der Waals surface area contributed by atoms with Gasteiger partial charge in [0.2, 0.25) is 0 Å². The number of nitrogens with zero attached hydrogens (tertiary/aromatic N) is 2. The number of thiazole rings is 1. The third-order valence-corrected chi connectivity index (χ3v) is 6.02. The van der Waals surface area contributed by atoms with Crippen LogP contribution in [0.3, 0.4) is 0 Å². The van der Waals surface area contributed by atoms with Gasteiger partial charge in [-0.15, -0.1) is 11.3 Å². The first-order chi connectivity index (χ1) is 14.1. The average Bonchev–Trinajstić information content (AvgIpc) is 3.20. The Morgan fingerprint density at radius 3 is 2.76 bits per heavy atom. The molecule has 1 amide bonds. The topological polar surface area (TPSA) is 66.9 Å². The molecule has 2 aromatic heterocycles. The summed E-state index contributed by atoms with van der Waals surface area (Å²) in [6, 6.07) is 17.2. The Morgan fingerprint density at radius 2 is 1.97 bits per heavy atom. The van der Waals surface area contributed by atoms with Crippen molar-refractivity contribution in [3.63, 3.8) is 0 Å². The molecule has 4 aromatic rings.